The molecule has 138 valence electrons. The maximum Gasteiger partial charge on any atom is 0.0912 e. The third-order valence-electron chi connectivity index (χ3n) is 6.32. The van der Waals surface area contributed by atoms with Gasteiger partial charge in [-0.3, -0.25) is 4.90 Å². The van der Waals surface area contributed by atoms with Gasteiger partial charge in [-0.15, -0.1) is 0 Å². The van der Waals surface area contributed by atoms with E-state index in [1.807, 2.05) is 0 Å². The van der Waals surface area contributed by atoms with Crippen LogP contribution in [0.25, 0.3) is 0 Å². The van der Waals surface area contributed by atoms with Gasteiger partial charge in [-0.05, 0) is 24.0 Å². The van der Waals surface area contributed by atoms with Crippen molar-refractivity contribution >= 4 is 11.4 Å². The van der Waals surface area contributed by atoms with Gasteiger partial charge in [-0.2, -0.15) is 10.2 Å². The number of hydrogen-bond donors (Lipinski definition) is 0. The Kier molecular flexibility index (Phi) is 4.38. The monoisotopic (exact) mass is 359 g/mol. The summed E-state index contributed by atoms with van der Waals surface area (Å²) in [6.07, 6.45) is 3.51. The average molecular weight is 359 g/mol. The van der Waals surface area contributed by atoms with Gasteiger partial charge in [0.1, 0.15) is 0 Å². The summed E-state index contributed by atoms with van der Waals surface area (Å²) < 4.78 is 5.68. The minimum absolute atomic E-state index is 0.0714. The summed E-state index contributed by atoms with van der Waals surface area (Å²) in [7, 11) is 0. The summed E-state index contributed by atoms with van der Waals surface area (Å²) in [6, 6.07) is 21.2. The maximum absolute atomic E-state index is 5.68. The van der Waals surface area contributed by atoms with Crippen molar-refractivity contribution in [3.8, 4) is 0 Å². The van der Waals surface area contributed by atoms with Crippen LogP contribution in [0.2, 0.25) is 0 Å². The first-order chi connectivity index (χ1) is 13.4. The zero-order chi connectivity index (χ0) is 18.1. The molecule has 0 radical (unpaired) electrons. The zero-order valence-corrected chi connectivity index (χ0v) is 15.6. The second kappa shape index (κ2) is 7.02. The molecule has 1 saturated heterocycles. The van der Waals surface area contributed by atoms with E-state index in [1.165, 1.54) is 17.5 Å². The third kappa shape index (κ3) is 2.75. The smallest absolute Gasteiger partial charge is 0.0912 e. The predicted molar refractivity (Wildman–Crippen MR) is 108 cm³/mol. The van der Waals surface area contributed by atoms with Gasteiger partial charge in [-0.1, -0.05) is 67.1 Å². The molecule has 0 aromatic heterocycles. The first-order valence-electron chi connectivity index (χ1n) is 9.99. The van der Waals surface area contributed by atoms with Crippen molar-refractivity contribution in [2.75, 3.05) is 26.3 Å². The van der Waals surface area contributed by atoms with Gasteiger partial charge in [0.25, 0.3) is 0 Å². The lowest BCUT2D eigenvalue weighted by atomic mass is 9.73. The Morgan fingerprint density at radius 2 is 1.52 bits per heavy atom. The minimum atomic E-state index is -0.0714. The van der Waals surface area contributed by atoms with E-state index < -0.39 is 0 Å². The molecule has 5 rings (SSSR count). The van der Waals surface area contributed by atoms with Gasteiger partial charge in [0.05, 0.1) is 30.2 Å². The molecule has 4 nitrogen and oxygen atoms in total. The van der Waals surface area contributed by atoms with E-state index in [9.17, 15) is 0 Å². The number of hydrogen-bond acceptors (Lipinski definition) is 4. The number of rotatable bonds is 3. The lowest BCUT2D eigenvalue weighted by molar-refractivity contribution is -0.00425. The molecule has 4 heteroatoms. The molecule has 27 heavy (non-hydrogen) atoms. The van der Waals surface area contributed by atoms with Crippen molar-refractivity contribution in [1.82, 2.24) is 4.90 Å². The van der Waals surface area contributed by atoms with Gasteiger partial charge >= 0.3 is 0 Å². The standard InChI is InChI=1S/C23H25N3O/c1-3-8-18(9-4-1)21-20-12-7-13-23(20,26-14-16-27-17-15-26)22(25-24-21)19-10-5-2-6-11-19/h1-6,8-11,20H,7,12-17H2/t20-,23+/m1/s1. The van der Waals surface area contributed by atoms with Crippen LogP contribution in [0.4, 0.5) is 0 Å². The van der Waals surface area contributed by atoms with Crippen LogP contribution in [0.5, 0.6) is 0 Å². The maximum atomic E-state index is 5.68. The van der Waals surface area contributed by atoms with Crippen LogP contribution in [-0.2, 0) is 4.74 Å². The molecular formula is C23H25N3O. The van der Waals surface area contributed by atoms with Crippen LogP contribution in [0, 0.1) is 5.92 Å². The number of nitrogens with zero attached hydrogens (tertiary/aromatic N) is 3. The fourth-order valence-corrected chi connectivity index (χ4v) is 5.16. The van der Waals surface area contributed by atoms with Crippen LogP contribution in [0.15, 0.2) is 70.9 Å². The quantitative estimate of drug-likeness (QED) is 0.837. The summed E-state index contributed by atoms with van der Waals surface area (Å²) in [5.74, 6) is 0.380. The Bertz CT molecular complexity index is 856. The molecule has 2 aromatic carbocycles. The molecule has 3 aliphatic rings. The molecule has 2 heterocycles. The first kappa shape index (κ1) is 16.8. The molecule has 1 aliphatic carbocycles. The summed E-state index contributed by atoms with van der Waals surface area (Å²) in [5, 5.41) is 9.66. The van der Waals surface area contributed by atoms with Gasteiger partial charge in [0.15, 0.2) is 0 Å². The van der Waals surface area contributed by atoms with E-state index in [1.54, 1.807) is 0 Å². The van der Waals surface area contributed by atoms with Crippen molar-refractivity contribution in [2.24, 2.45) is 16.1 Å². The molecule has 0 bridgehead atoms. The summed E-state index contributed by atoms with van der Waals surface area (Å²) in [4.78, 5) is 2.64. The lowest BCUT2D eigenvalue weighted by Gasteiger charge is -2.49. The highest BCUT2D eigenvalue weighted by atomic mass is 16.5. The van der Waals surface area contributed by atoms with E-state index in [2.05, 4.69) is 65.6 Å². The SMILES string of the molecule is c1ccc(C2=NN=C(c3ccccc3)[C@]3(N4CCOCC4)CCC[C@H]23)cc1. The molecule has 2 aromatic rings. The Hall–Kier alpha value is -2.30. The van der Waals surface area contributed by atoms with Crippen molar-refractivity contribution < 1.29 is 4.74 Å². The third-order valence-corrected chi connectivity index (χ3v) is 6.32. The van der Waals surface area contributed by atoms with Crippen LogP contribution in [0.3, 0.4) is 0 Å². The van der Waals surface area contributed by atoms with Crippen LogP contribution >= 0.6 is 0 Å². The number of ether oxygens (including phenoxy) is 1. The largest absolute Gasteiger partial charge is 0.379 e. The van der Waals surface area contributed by atoms with E-state index in [0.717, 1.165) is 50.6 Å². The van der Waals surface area contributed by atoms with E-state index >= 15 is 0 Å². The highest BCUT2D eigenvalue weighted by molar-refractivity contribution is 6.16. The highest BCUT2D eigenvalue weighted by Gasteiger charge is 2.55. The topological polar surface area (TPSA) is 37.2 Å². The molecule has 1 saturated carbocycles. The minimum Gasteiger partial charge on any atom is -0.379 e. The summed E-state index contributed by atoms with van der Waals surface area (Å²) in [6.45, 7) is 3.53. The van der Waals surface area contributed by atoms with Gasteiger partial charge in [0.2, 0.25) is 0 Å². The van der Waals surface area contributed by atoms with Crippen molar-refractivity contribution in [3.63, 3.8) is 0 Å². The fourth-order valence-electron chi connectivity index (χ4n) is 5.16. The molecule has 0 amide bonds. The summed E-state index contributed by atoms with van der Waals surface area (Å²) in [5.41, 5.74) is 4.63. The second-order valence-corrected chi connectivity index (χ2v) is 7.63. The predicted octanol–water partition coefficient (Wildman–Crippen LogP) is 3.76. The Morgan fingerprint density at radius 1 is 0.852 bits per heavy atom. The van der Waals surface area contributed by atoms with Crippen LogP contribution < -0.4 is 0 Å². The van der Waals surface area contributed by atoms with Crippen LogP contribution in [0.1, 0.15) is 30.4 Å². The average Bonchev–Trinajstić information content (AvgIpc) is 3.21. The normalized spacial score (nSPS) is 28.4. The molecule has 2 atom stereocenters. The van der Waals surface area contributed by atoms with Gasteiger partial charge in [0, 0.05) is 19.0 Å². The first-order valence-corrected chi connectivity index (χ1v) is 9.99. The zero-order valence-electron chi connectivity index (χ0n) is 15.6. The van der Waals surface area contributed by atoms with E-state index in [0.29, 0.717) is 5.92 Å². The molecule has 2 aliphatic heterocycles. The van der Waals surface area contributed by atoms with Crippen molar-refractivity contribution in [2.45, 2.75) is 24.8 Å². The molecule has 0 unspecified atom stereocenters. The van der Waals surface area contributed by atoms with Gasteiger partial charge < -0.3 is 4.74 Å². The number of morpholine rings is 1. The van der Waals surface area contributed by atoms with E-state index in [4.69, 9.17) is 14.9 Å². The molecular weight excluding hydrogens is 334 g/mol. The van der Waals surface area contributed by atoms with Crippen molar-refractivity contribution in [1.29, 1.82) is 0 Å². The summed E-state index contributed by atoms with van der Waals surface area (Å²) >= 11 is 0. The number of benzene rings is 2. The Balaban J connectivity index is 1.67. The highest BCUT2D eigenvalue weighted by Crippen LogP contribution is 2.47. The molecule has 0 spiro atoms. The Morgan fingerprint density at radius 3 is 2.22 bits per heavy atom. The van der Waals surface area contributed by atoms with Gasteiger partial charge in [-0.25, -0.2) is 0 Å². The fraction of sp³-hybridized carbons (Fsp3) is 0.391. The Labute approximate surface area is 160 Å². The van der Waals surface area contributed by atoms with Crippen LogP contribution in [-0.4, -0.2) is 48.2 Å². The molecule has 2 fully saturated rings. The second-order valence-electron chi connectivity index (χ2n) is 7.63. The molecule has 0 N–H and O–H groups in total. The number of fused-ring (bicyclic) bond motifs is 1. The van der Waals surface area contributed by atoms with Crippen molar-refractivity contribution in [3.05, 3.63) is 71.8 Å². The lowest BCUT2D eigenvalue weighted by Crippen LogP contribution is -2.62. The van der Waals surface area contributed by atoms with E-state index in [-0.39, 0.29) is 5.54 Å².